The summed E-state index contributed by atoms with van der Waals surface area (Å²) in [5.74, 6) is 0.00117. The van der Waals surface area contributed by atoms with Gasteiger partial charge in [0.15, 0.2) is 5.76 Å². The summed E-state index contributed by atoms with van der Waals surface area (Å²) in [6.07, 6.45) is 2.77. The van der Waals surface area contributed by atoms with Gasteiger partial charge in [0.25, 0.3) is 5.91 Å². The van der Waals surface area contributed by atoms with Crippen molar-refractivity contribution in [2.24, 2.45) is 5.10 Å². The predicted octanol–water partition coefficient (Wildman–Crippen LogP) is 4.86. The van der Waals surface area contributed by atoms with Crippen molar-refractivity contribution in [1.29, 1.82) is 0 Å². The van der Waals surface area contributed by atoms with Gasteiger partial charge < -0.3 is 9.15 Å². The van der Waals surface area contributed by atoms with E-state index in [-0.39, 0.29) is 5.75 Å². The molecule has 4 rings (SSSR count). The Morgan fingerprint density at radius 3 is 2.70 bits per heavy atom. The summed E-state index contributed by atoms with van der Waals surface area (Å²) in [5, 5.41) is 4.53. The Labute approximate surface area is 169 Å². The molecule has 0 aliphatic carbocycles. The van der Waals surface area contributed by atoms with Crippen molar-refractivity contribution in [3.8, 4) is 17.2 Å². The van der Waals surface area contributed by atoms with Crippen LogP contribution in [0.2, 0.25) is 0 Å². The second kappa shape index (κ2) is 8.52. The highest BCUT2D eigenvalue weighted by atomic mass is 19.3. The van der Waals surface area contributed by atoms with E-state index < -0.39 is 12.5 Å². The van der Waals surface area contributed by atoms with Crippen LogP contribution in [-0.4, -0.2) is 23.7 Å². The summed E-state index contributed by atoms with van der Waals surface area (Å²) < 4.78 is 34.9. The number of para-hydroxylation sites is 2. The van der Waals surface area contributed by atoms with Crippen LogP contribution in [0.4, 0.5) is 8.78 Å². The van der Waals surface area contributed by atoms with E-state index in [1.807, 2.05) is 6.07 Å². The van der Waals surface area contributed by atoms with Crippen molar-refractivity contribution in [3.63, 3.8) is 0 Å². The first-order chi connectivity index (χ1) is 14.6. The minimum atomic E-state index is -2.96. The number of nitrogens with zero attached hydrogens (tertiary/aromatic N) is 2. The molecule has 2 heterocycles. The molecule has 30 heavy (non-hydrogen) atoms. The van der Waals surface area contributed by atoms with Crippen LogP contribution in [0.15, 0.2) is 82.5 Å². The molecule has 2 aromatic carbocycles. The fraction of sp³-hybridized carbons (Fsp3) is 0.0455. The third kappa shape index (κ3) is 4.17. The lowest BCUT2D eigenvalue weighted by Crippen LogP contribution is -2.18. The number of benzene rings is 2. The highest BCUT2D eigenvalue weighted by Gasteiger charge is 2.15. The van der Waals surface area contributed by atoms with Gasteiger partial charge in [0.1, 0.15) is 11.4 Å². The number of fused-ring (bicyclic) bond motifs is 1. The van der Waals surface area contributed by atoms with Crippen LogP contribution >= 0.6 is 0 Å². The molecule has 6 nitrogen and oxygen atoms in total. The van der Waals surface area contributed by atoms with Gasteiger partial charge in [-0.25, -0.2) is 10.4 Å². The first-order valence-electron chi connectivity index (χ1n) is 8.93. The molecule has 0 spiro atoms. The van der Waals surface area contributed by atoms with Crippen molar-refractivity contribution in [2.75, 3.05) is 0 Å². The van der Waals surface area contributed by atoms with Crippen molar-refractivity contribution < 1.29 is 22.7 Å². The molecule has 0 radical (unpaired) electrons. The quantitative estimate of drug-likeness (QED) is 0.366. The molecule has 0 atom stereocenters. The molecule has 0 unspecified atom stereocenters. The van der Waals surface area contributed by atoms with Gasteiger partial charge >= 0.3 is 6.61 Å². The van der Waals surface area contributed by atoms with E-state index in [9.17, 15) is 13.6 Å². The number of nitrogens with one attached hydrogen (secondary N) is 1. The van der Waals surface area contributed by atoms with Crippen molar-refractivity contribution in [1.82, 2.24) is 10.4 Å². The molecular formula is C22H15F2N3O3. The largest absolute Gasteiger partial charge is 0.463 e. The number of aromatic nitrogens is 1. The van der Waals surface area contributed by atoms with E-state index in [2.05, 4.69) is 20.2 Å². The molecule has 1 amide bonds. The molecular weight excluding hydrogens is 392 g/mol. The van der Waals surface area contributed by atoms with Crippen LogP contribution in [0.1, 0.15) is 15.9 Å². The van der Waals surface area contributed by atoms with Gasteiger partial charge in [-0.15, -0.1) is 0 Å². The van der Waals surface area contributed by atoms with Crippen LogP contribution in [0, 0.1) is 0 Å². The SMILES string of the molecule is O=C(N/N=C\c1ccccc1OC(F)F)c1cc(-c2ccco2)nc2ccccc12. The number of alkyl halides is 2. The zero-order valence-electron chi connectivity index (χ0n) is 15.5. The summed E-state index contributed by atoms with van der Waals surface area (Å²) in [7, 11) is 0. The second-order valence-electron chi connectivity index (χ2n) is 6.16. The Hall–Kier alpha value is -4.07. The Morgan fingerprint density at radius 2 is 1.90 bits per heavy atom. The summed E-state index contributed by atoms with van der Waals surface area (Å²) >= 11 is 0. The third-order valence-electron chi connectivity index (χ3n) is 4.24. The number of halogens is 2. The van der Waals surface area contributed by atoms with Gasteiger partial charge in [0.05, 0.1) is 23.6 Å². The van der Waals surface area contributed by atoms with Crippen molar-refractivity contribution in [2.45, 2.75) is 6.61 Å². The number of carbonyl (C=O) groups is 1. The monoisotopic (exact) mass is 407 g/mol. The summed E-state index contributed by atoms with van der Waals surface area (Å²) in [4.78, 5) is 17.3. The van der Waals surface area contributed by atoms with Crippen LogP contribution in [0.3, 0.4) is 0 Å². The number of rotatable bonds is 6. The maximum Gasteiger partial charge on any atom is 0.387 e. The van der Waals surface area contributed by atoms with Gasteiger partial charge in [-0.05, 0) is 36.4 Å². The molecule has 150 valence electrons. The topological polar surface area (TPSA) is 76.7 Å². The lowest BCUT2D eigenvalue weighted by molar-refractivity contribution is -0.0499. The van der Waals surface area contributed by atoms with E-state index in [4.69, 9.17) is 4.42 Å². The standard InChI is InChI=1S/C22H15F2N3O3/c23-22(24)30-19-9-4-1-6-14(19)13-25-27-21(28)16-12-18(20-10-5-11-29-20)26-17-8-3-2-7-15(16)17/h1-13,22H,(H,27,28)/b25-13-. The number of carbonyl (C=O) groups excluding carboxylic acids is 1. The number of hydrogen-bond acceptors (Lipinski definition) is 5. The maximum absolute atomic E-state index is 12.8. The number of hydrogen-bond donors (Lipinski definition) is 1. The predicted molar refractivity (Wildman–Crippen MR) is 108 cm³/mol. The zero-order chi connectivity index (χ0) is 20.9. The van der Waals surface area contributed by atoms with Gasteiger partial charge in [-0.2, -0.15) is 13.9 Å². The zero-order valence-corrected chi connectivity index (χ0v) is 15.5. The lowest BCUT2D eigenvalue weighted by Gasteiger charge is -2.08. The number of ether oxygens (including phenoxy) is 1. The highest BCUT2D eigenvalue weighted by Crippen LogP contribution is 2.25. The third-order valence-corrected chi connectivity index (χ3v) is 4.24. The summed E-state index contributed by atoms with van der Waals surface area (Å²) in [5.41, 5.74) is 4.19. The van der Waals surface area contributed by atoms with E-state index in [0.717, 1.165) is 0 Å². The number of furan rings is 1. The van der Waals surface area contributed by atoms with Gasteiger partial charge in [-0.3, -0.25) is 4.79 Å². The fourth-order valence-corrected chi connectivity index (χ4v) is 2.92. The minimum Gasteiger partial charge on any atom is -0.463 e. The molecule has 0 aliphatic heterocycles. The number of amides is 1. The van der Waals surface area contributed by atoms with E-state index in [1.54, 1.807) is 54.6 Å². The van der Waals surface area contributed by atoms with Crippen LogP contribution in [0.25, 0.3) is 22.4 Å². The Kier molecular flexibility index (Phi) is 5.47. The molecule has 0 saturated carbocycles. The molecule has 0 bridgehead atoms. The van der Waals surface area contributed by atoms with Crippen LogP contribution < -0.4 is 10.2 Å². The van der Waals surface area contributed by atoms with E-state index in [1.165, 1.54) is 18.5 Å². The average molecular weight is 407 g/mol. The van der Waals surface area contributed by atoms with Gasteiger partial charge in [0.2, 0.25) is 0 Å². The van der Waals surface area contributed by atoms with E-state index in [0.29, 0.717) is 33.5 Å². The number of pyridine rings is 1. The van der Waals surface area contributed by atoms with Gasteiger partial charge in [0, 0.05) is 10.9 Å². The highest BCUT2D eigenvalue weighted by molar-refractivity contribution is 6.07. The molecule has 0 aliphatic rings. The average Bonchev–Trinajstić information content (AvgIpc) is 3.28. The first kappa shape index (κ1) is 19.3. The maximum atomic E-state index is 12.8. The second-order valence-corrected chi connectivity index (χ2v) is 6.16. The van der Waals surface area contributed by atoms with E-state index >= 15 is 0 Å². The minimum absolute atomic E-state index is 0.0417. The molecule has 4 aromatic rings. The lowest BCUT2D eigenvalue weighted by atomic mass is 10.1. The Bertz CT molecular complexity index is 1210. The van der Waals surface area contributed by atoms with Crippen LogP contribution in [0.5, 0.6) is 5.75 Å². The molecule has 1 N–H and O–H groups in total. The summed E-state index contributed by atoms with van der Waals surface area (Å²) in [6.45, 7) is -2.96. The Morgan fingerprint density at radius 1 is 1.10 bits per heavy atom. The first-order valence-corrected chi connectivity index (χ1v) is 8.93. The Balaban J connectivity index is 1.62. The normalized spacial score (nSPS) is 11.3. The summed E-state index contributed by atoms with van der Waals surface area (Å²) in [6, 6.07) is 18.4. The smallest absolute Gasteiger partial charge is 0.387 e. The van der Waals surface area contributed by atoms with Crippen molar-refractivity contribution >= 4 is 23.0 Å². The van der Waals surface area contributed by atoms with Gasteiger partial charge in [-0.1, -0.05) is 30.3 Å². The number of hydrazone groups is 1. The fourth-order valence-electron chi connectivity index (χ4n) is 2.92. The molecule has 0 saturated heterocycles. The van der Waals surface area contributed by atoms with Crippen LogP contribution in [-0.2, 0) is 0 Å². The van der Waals surface area contributed by atoms with Crippen molar-refractivity contribution in [3.05, 3.63) is 84.1 Å². The molecule has 2 aromatic heterocycles. The molecule has 0 fully saturated rings. The molecule has 8 heteroatoms.